The largest absolute Gasteiger partial charge is 0.456 e. The van der Waals surface area contributed by atoms with Crippen LogP contribution in [0.15, 0.2) is 144 Å². The van der Waals surface area contributed by atoms with Gasteiger partial charge in [0.05, 0.1) is 47.5 Å². The molecule has 0 aliphatic heterocycles. The minimum Gasteiger partial charge on any atom is -0.456 e. The van der Waals surface area contributed by atoms with Crippen molar-refractivity contribution in [2.75, 3.05) is 0 Å². The minimum atomic E-state index is -0.563. The molecule has 0 bridgehead atoms. The zero-order valence-corrected chi connectivity index (χ0v) is 23.6. The molecule has 4 heterocycles. The third-order valence-corrected chi connectivity index (χ3v) is 8.90. The second-order valence-electron chi connectivity index (χ2n) is 10.3. The van der Waals surface area contributed by atoms with Gasteiger partial charge >= 0.3 is 0 Å². The van der Waals surface area contributed by atoms with Crippen LogP contribution in [-0.2, 0) is 0 Å². The molecule has 0 radical (unpaired) electrons. The average molecular weight is 609 g/mol. The fourth-order valence-electron chi connectivity index (χ4n) is 5.77. The molecule has 210 valence electrons. The number of nitrogens with zero attached hydrogens (tertiary/aromatic N) is 3. The standard InChI is InChI=1S/C40H23N3OS/c1-5-16-32-27(12-1)28-13-2-6-17-33(28)43(32)26-11-9-10-25(22-26)40-41-37(39-38(42-40)31-15-4-8-19-36(31)45-39)24-20-21-30-29-14-3-7-18-34(29)44-35(30)23-24/h1-23H/i1D,2D,3D,5D,6D,7D,12D,13D,14D,16D,17D,18D,20D,21D,23D. The molecule has 0 fully saturated rings. The first kappa shape index (κ1) is 14.3. The molecule has 0 spiro atoms. The first-order valence-corrected chi connectivity index (χ1v) is 14.6. The van der Waals surface area contributed by atoms with Crippen LogP contribution in [0.5, 0.6) is 0 Å². The molecule has 10 rings (SSSR count). The molecular formula is C40H23N3OS. The third-order valence-electron chi connectivity index (χ3n) is 7.74. The van der Waals surface area contributed by atoms with Crippen LogP contribution in [0.1, 0.15) is 20.6 Å². The summed E-state index contributed by atoms with van der Waals surface area (Å²) in [6, 6.07) is 6.54. The van der Waals surface area contributed by atoms with E-state index < -0.39 is 84.6 Å². The topological polar surface area (TPSA) is 43.9 Å². The zero-order valence-electron chi connectivity index (χ0n) is 37.8. The van der Waals surface area contributed by atoms with E-state index in [1.165, 1.54) is 15.9 Å². The Balaban J connectivity index is 1.29. The van der Waals surface area contributed by atoms with Gasteiger partial charge in [-0.25, -0.2) is 9.97 Å². The van der Waals surface area contributed by atoms with Crippen molar-refractivity contribution in [3.63, 3.8) is 0 Å². The number of hydrogen-bond donors (Lipinski definition) is 0. The Bertz CT molecular complexity index is 3560. The highest BCUT2D eigenvalue weighted by Crippen LogP contribution is 2.41. The summed E-state index contributed by atoms with van der Waals surface area (Å²) in [6.45, 7) is 0. The van der Waals surface area contributed by atoms with Gasteiger partial charge in [0, 0.05) is 48.4 Å². The molecule has 4 aromatic heterocycles. The van der Waals surface area contributed by atoms with Crippen LogP contribution in [0.2, 0.25) is 0 Å². The van der Waals surface area contributed by atoms with Crippen LogP contribution in [0, 0.1) is 0 Å². The Morgan fingerprint density at radius 2 is 1.36 bits per heavy atom. The summed E-state index contributed by atoms with van der Waals surface area (Å²) in [7, 11) is 0. The molecule has 0 unspecified atom stereocenters. The molecule has 6 aromatic carbocycles. The average Bonchev–Trinajstić information content (AvgIpc) is 3.95. The molecule has 0 atom stereocenters. The van der Waals surface area contributed by atoms with Gasteiger partial charge in [-0.05, 0) is 48.4 Å². The van der Waals surface area contributed by atoms with Crippen molar-refractivity contribution in [3.8, 4) is 28.3 Å². The summed E-state index contributed by atoms with van der Waals surface area (Å²) >= 11 is 1.30. The molecule has 0 saturated carbocycles. The van der Waals surface area contributed by atoms with Crippen LogP contribution < -0.4 is 0 Å². The van der Waals surface area contributed by atoms with E-state index in [1.807, 2.05) is 24.3 Å². The molecule has 0 N–H and O–H groups in total. The summed E-state index contributed by atoms with van der Waals surface area (Å²) < 4.78 is 139. The SMILES string of the molecule is [2H]c1c([2H])c([2H])c2c(oc3c([2H])c(-c4nc(-c5cccc(-n6c7c([2H])c([2H])c([2H])c([2H])c7c7c([2H])c([2H])c([2H])c([2H])c76)c5)nc5c4sc4ccccc45)c([2H])c([2H])c32)c1[2H]. The van der Waals surface area contributed by atoms with E-state index in [0.717, 1.165) is 10.1 Å². The minimum absolute atomic E-state index is 0.0670. The van der Waals surface area contributed by atoms with E-state index >= 15 is 0 Å². The number of aromatic nitrogens is 3. The highest BCUT2D eigenvalue weighted by atomic mass is 32.1. The van der Waals surface area contributed by atoms with Crippen molar-refractivity contribution in [2.45, 2.75) is 0 Å². The van der Waals surface area contributed by atoms with Gasteiger partial charge in [-0.3, -0.25) is 0 Å². The first-order chi connectivity index (χ1) is 28.5. The smallest absolute Gasteiger partial charge is 0.160 e. The van der Waals surface area contributed by atoms with Crippen molar-refractivity contribution < 1.29 is 25.0 Å². The number of para-hydroxylation sites is 3. The van der Waals surface area contributed by atoms with Crippen molar-refractivity contribution in [3.05, 3.63) is 139 Å². The van der Waals surface area contributed by atoms with Crippen molar-refractivity contribution in [2.24, 2.45) is 0 Å². The van der Waals surface area contributed by atoms with Gasteiger partial charge in [-0.15, -0.1) is 11.3 Å². The van der Waals surface area contributed by atoms with Crippen LogP contribution in [0.3, 0.4) is 0 Å². The lowest BCUT2D eigenvalue weighted by atomic mass is 10.1. The Hall–Kier alpha value is -5.78. The van der Waals surface area contributed by atoms with E-state index in [4.69, 9.17) is 32.2 Å². The lowest BCUT2D eigenvalue weighted by Gasteiger charge is -2.11. The van der Waals surface area contributed by atoms with Crippen LogP contribution in [0.25, 0.3) is 92.4 Å². The maximum Gasteiger partial charge on any atom is 0.160 e. The number of rotatable bonds is 3. The van der Waals surface area contributed by atoms with Crippen LogP contribution in [0.4, 0.5) is 0 Å². The zero-order chi connectivity index (χ0) is 42.5. The van der Waals surface area contributed by atoms with Gasteiger partial charge in [-0.2, -0.15) is 0 Å². The first-order valence-electron chi connectivity index (χ1n) is 21.3. The molecule has 0 amide bonds. The van der Waals surface area contributed by atoms with Crippen LogP contribution in [-0.4, -0.2) is 14.5 Å². The maximum atomic E-state index is 9.41. The molecular weight excluding hydrogens is 571 g/mol. The van der Waals surface area contributed by atoms with Gasteiger partial charge in [0.2, 0.25) is 0 Å². The Labute approximate surface area is 282 Å². The van der Waals surface area contributed by atoms with E-state index in [0.29, 0.717) is 15.8 Å². The monoisotopic (exact) mass is 608 g/mol. The fraction of sp³-hybridized carbons (Fsp3) is 0. The lowest BCUT2D eigenvalue weighted by Crippen LogP contribution is -1.97. The molecule has 4 nitrogen and oxygen atoms in total. The third kappa shape index (κ3) is 3.65. The van der Waals surface area contributed by atoms with Gasteiger partial charge in [-0.1, -0.05) is 90.8 Å². The van der Waals surface area contributed by atoms with Gasteiger partial charge < -0.3 is 8.98 Å². The molecule has 0 aliphatic carbocycles. The summed E-state index contributed by atoms with van der Waals surface area (Å²) in [5, 5.41) is 0.355. The summed E-state index contributed by atoms with van der Waals surface area (Å²) in [5.41, 5.74) is 0.453. The summed E-state index contributed by atoms with van der Waals surface area (Å²) in [4.78, 5) is 9.90. The van der Waals surface area contributed by atoms with Gasteiger partial charge in [0.15, 0.2) is 5.82 Å². The highest BCUT2D eigenvalue weighted by Gasteiger charge is 2.19. The maximum absolute atomic E-state index is 9.41. The van der Waals surface area contributed by atoms with E-state index in [2.05, 4.69) is 0 Å². The number of thiophene rings is 1. The number of hydrogen-bond acceptors (Lipinski definition) is 4. The highest BCUT2D eigenvalue weighted by molar-refractivity contribution is 7.26. The summed E-state index contributed by atoms with van der Waals surface area (Å²) in [6.07, 6.45) is 0. The number of fused-ring (bicyclic) bond motifs is 9. The number of benzene rings is 6. The lowest BCUT2D eigenvalue weighted by molar-refractivity contribution is 0.669. The van der Waals surface area contributed by atoms with E-state index in [-0.39, 0.29) is 72.6 Å². The van der Waals surface area contributed by atoms with E-state index in [9.17, 15) is 2.74 Å². The predicted molar refractivity (Wildman–Crippen MR) is 187 cm³/mol. The molecule has 0 saturated heterocycles. The second kappa shape index (κ2) is 9.36. The van der Waals surface area contributed by atoms with Crippen LogP contribution >= 0.6 is 11.3 Å². The Kier molecular flexibility index (Phi) is 2.98. The molecule has 10 aromatic rings. The van der Waals surface area contributed by atoms with E-state index in [1.54, 1.807) is 24.3 Å². The Morgan fingerprint density at radius 3 is 2.20 bits per heavy atom. The van der Waals surface area contributed by atoms with Gasteiger partial charge in [0.25, 0.3) is 0 Å². The van der Waals surface area contributed by atoms with Gasteiger partial charge in [0.1, 0.15) is 11.2 Å². The number of furan rings is 1. The molecule has 0 aliphatic rings. The quantitative estimate of drug-likeness (QED) is 0.200. The van der Waals surface area contributed by atoms with Crippen molar-refractivity contribution >= 4 is 75.4 Å². The second-order valence-corrected chi connectivity index (χ2v) is 11.3. The summed E-state index contributed by atoms with van der Waals surface area (Å²) in [5.74, 6) is 0.0853. The molecule has 5 heteroatoms. The van der Waals surface area contributed by atoms with Crippen molar-refractivity contribution in [1.82, 2.24) is 14.5 Å². The molecule has 45 heavy (non-hydrogen) atoms. The predicted octanol–water partition coefficient (Wildman–Crippen LogP) is 11.2. The van der Waals surface area contributed by atoms with Crippen molar-refractivity contribution in [1.29, 1.82) is 0 Å². The normalized spacial score (nSPS) is 16.7. The Morgan fingerprint density at radius 1 is 0.622 bits per heavy atom. The fourth-order valence-corrected chi connectivity index (χ4v) is 6.91.